The number of amides is 2. The average molecular weight is 279 g/mol. The SMILES string of the molecule is COc1cc(C(C)C)c(F)cc1C1CCC(=O)NC1=O. The van der Waals surface area contributed by atoms with Gasteiger partial charge in [-0.2, -0.15) is 0 Å². The Morgan fingerprint density at radius 3 is 2.60 bits per heavy atom. The third-order valence-corrected chi connectivity index (χ3v) is 3.59. The standard InChI is InChI=1S/C15H18FNO3/c1-8(2)10-7-13(20-3)11(6-12(10)16)9-4-5-14(18)17-15(9)19/h6-9H,4-5H2,1-3H3,(H,17,18,19). The Hall–Kier alpha value is -1.91. The molecule has 1 fully saturated rings. The van der Waals surface area contributed by atoms with E-state index in [0.29, 0.717) is 23.3 Å². The summed E-state index contributed by atoms with van der Waals surface area (Å²) in [6.07, 6.45) is 0.634. The van der Waals surface area contributed by atoms with E-state index in [4.69, 9.17) is 4.74 Å². The van der Waals surface area contributed by atoms with Crippen LogP contribution in [0.2, 0.25) is 0 Å². The van der Waals surface area contributed by atoms with Crippen molar-refractivity contribution in [3.63, 3.8) is 0 Å². The summed E-state index contributed by atoms with van der Waals surface area (Å²) in [6.45, 7) is 3.78. The minimum Gasteiger partial charge on any atom is -0.496 e. The molecule has 20 heavy (non-hydrogen) atoms. The number of nitrogens with one attached hydrogen (secondary N) is 1. The van der Waals surface area contributed by atoms with Gasteiger partial charge in [0.1, 0.15) is 11.6 Å². The number of imide groups is 1. The molecule has 1 aromatic rings. The van der Waals surface area contributed by atoms with Crippen LogP contribution in [0.5, 0.6) is 5.75 Å². The maximum absolute atomic E-state index is 14.1. The van der Waals surface area contributed by atoms with E-state index in [-0.39, 0.29) is 24.1 Å². The van der Waals surface area contributed by atoms with Crippen LogP contribution in [-0.2, 0) is 9.59 Å². The van der Waals surface area contributed by atoms with E-state index in [2.05, 4.69) is 5.32 Å². The quantitative estimate of drug-likeness (QED) is 0.865. The molecular formula is C15H18FNO3. The average Bonchev–Trinajstić information content (AvgIpc) is 2.38. The Kier molecular flexibility index (Phi) is 4.06. The van der Waals surface area contributed by atoms with Crippen molar-refractivity contribution in [3.05, 3.63) is 29.1 Å². The van der Waals surface area contributed by atoms with E-state index in [1.54, 1.807) is 6.07 Å². The summed E-state index contributed by atoms with van der Waals surface area (Å²) in [4.78, 5) is 23.1. The van der Waals surface area contributed by atoms with Gasteiger partial charge in [0, 0.05) is 12.0 Å². The molecule has 0 aliphatic carbocycles. The molecule has 1 unspecified atom stereocenters. The number of hydrogen-bond donors (Lipinski definition) is 1. The number of piperidine rings is 1. The van der Waals surface area contributed by atoms with Gasteiger partial charge in [-0.15, -0.1) is 0 Å². The molecule has 1 aromatic carbocycles. The summed E-state index contributed by atoms with van der Waals surface area (Å²) >= 11 is 0. The van der Waals surface area contributed by atoms with Gasteiger partial charge in [0.15, 0.2) is 0 Å². The second-order valence-electron chi connectivity index (χ2n) is 5.27. The number of halogens is 1. The number of carbonyl (C=O) groups is 2. The number of benzene rings is 1. The molecule has 4 nitrogen and oxygen atoms in total. The predicted octanol–water partition coefficient (Wildman–Crippen LogP) is 2.48. The highest BCUT2D eigenvalue weighted by Gasteiger charge is 2.31. The molecule has 0 bridgehead atoms. The molecule has 1 atom stereocenters. The van der Waals surface area contributed by atoms with Gasteiger partial charge in [0.2, 0.25) is 11.8 Å². The molecule has 2 amide bonds. The maximum Gasteiger partial charge on any atom is 0.234 e. The molecule has 0 saturated carbocycles. The van der Waals surface area contributed by atoms with Gasteiger partial charge in [-0.1, -0.05) is 13.8 Å². The predicted molar refractivity (Wildman–Crippen MR) is 72.2 cm³/mol. The van der Waals surface area contributed by atoms with Crippen LogP contribution in [0.25, 0.3) is 0 Å². The molecule has 108 valence electrons. The van der Waals surface area contributed by atoms with Crippen LogP contribution in [-0.4, -0.2) is 18.9 Å². The van der Waals surface area contributed by atoms with Gasteiger partial charge in [0.25, 0.3) is 0 Å². The molecule has 1 saturated heterocycles. The van der Waals surface area contributed by atoms with Gasteiger partial charge in [-0.25, -0.2) is 4.39 Å². The van der Waals surface area contributed by atoms with Gasteiger partial charge < -0.3 is 4.74 Å². The van der Waals surface area contributed by atoms with E-state index in [1.165, 1.54) is 13.2 Å². The first-order valence-corrected chi connectivity index (χ1v) is 6.65. The Morgan fingerprint density at radius 2 is 2.05 bits per heavy atom. The Balaban J connectivity index is 2.43. The Bertz CT molecular complexity index is 554. The number of carbonyl (C=O) groups excluding carboxylic acids is 2. The van der Waals surface area contributed by atoms with Crippen LogP contribution >= 0.6 is 0 Å². The van der Waals surface area contributed by atoms with Crippen molar-refractivity contribution in [2.45, 2.75) is 38.5 Å². The van der Waals surface area contributed by atoms with Crippen molar-refractivity contribution in [1.29, 1.82) is 0 Å². The summed E-state index contributed by atoms with van der Waals surface area (Å²) < 4.78 is 19.4. The van der Waals surface area contributed by atoms with Crippen LogP contribution in [0, 0.1) is 5.82 Å². The summed E-state index contributed by atoms with van der Waals surface area (Å²) in [5, 5.41) is 2.28. The highest BCUT2D eigenvalue weighted by Crippen LogP contribution is 2.35. The number of rotatable bonds is 3. The highest BCUT2D eigenvalue weighted by atomic mass is 19.1. The lowest BCUT2D eigenvalue weighted by Crippen LogP contribution is -2.39. The van der Waals surface area contributed by atoms with Crippen LogP contribution in [0.15, 0.2) is 12.1 Å². The molecule has 0 aromatic heterocycles. The van der Waals surface area contributed by atoms with Crippen LogP contribution in [0.3, 0.4) is 0 Å². The van der Waals surface area contributed by atoms with Gasteiger partial charge in [-0.3, -0.25) is 14.9 Å². The fourth-order valence-corrected chi connectivity index (χ4v) is 2.47. The minimum atomic E-state index is -0.543. The molecule has 5 heteroatoms. The molecule has 2 rings (SSSR count). The summed E-state index contributed by atoms with van der Waals surface area (Å²) in [6, 6.07) is 2.99. The first-order valence-electron chi connectivity index (χ1n) is 6.65. The third kappa shape index (κ3) is 2.66. The van der Waals surface area contributed by atoms with E-state index in [9.17, 15) is 14.0 Å². The minimum absolute atomic E-state index is 0.0275. The van der Waals surface area contributed by atoms with E-state index >= 15 is 0 Å². The summed E-state index contributed by atoms with van der Waals surface area (Å²) in [5.41, 5.74) is 1.05. The Labute approximate surface area is 117 Å². The molecular weight excluding hydrogens is 261 g/mol. The van der Waals surface area contributed by atoms with Crippen molar-refractivity contribution in [2.24, 2.45) is 0 Å². The fraction of sp³-hybridized carbons (Fsp3) is 0.467. The molecule has 0 spiro atoms. The summed E-state index contributed by atoms with van der Waals surface area (Å²) in [7, 11) is 1.49. The highest BCUT2D eigenvalue weighted by molar-refractivity contribution is 6.01. The Morgan fingerprint density at radius 1 is 1.35 bits per heavy atom. The second kappa shape index (κ2) is 5.61. The number of methoxy groups -OCH3 is 1. The molecule has 1 aliphatic rings. The van der Waals surface area contributed by atoms with Gasteiger partial charge >= 0.3 is 0 Å². The van der Waals surface area contributed by atoms with Crippen LogP contribution < -0.4 is 10.1 Å². The van der Waals surface area contributed by atoms with Crippen LogP contribution in [0.1, 0.15) is 49.7 Å². The topological polar surface area (TPSA) is 55.4 Å². The molecule has 1 heterocycles. The smallest absolute Gasteiger partial charge is 0.234 e. The van der Waals surface area contributed by atoms with Gasteiger partial charge in [-0.05, 0) is 30.0 Å². The molecule has 1 aliphatic heterocycles. The second-order valence-corrected chi connectivity index (χ2v) is 5.27. The van der Waals surface area contributed by atoms with Crippen LogP contribution in [0.4, 0.5) is 4.39 Å². The lowest BCUT2D eigenvalue weighted by atomic mass is 9.88. The first-order chi connectivity index (χ1) is 9.43. The zero-order chi connectivity index (χ0) is 14.9. The lowest BCUT2D eigenvalue weighted by molar-refractivity contribution is -0.134. The monoisotopic (exact) mass is 279 g/mol. The zero-order valence-electron chi connectivity index (χ0n) is 11.8. The fourth-order valence-electron chi connectivity index (χ4n) is 2.47. The van der Waals surface area contributed by atoms with E-state index in [0.717, 1.165) is 0 Å². The largest absolute Gasteiger partial charge is 0.496 e. The first kappa shape index (κ1) is 14.5. The van der Waals surface area contributed by atoms with Crippen molar-refractivity contribution in [3.8, 4) is 5.75 Å². The van der Waals surface area contributed by atoms with Crippen molar-refractivity contribution in [2.75, 3.05) is 7.11 Å². The van der Waals surface area contributed by atoms with Gasteiger partial charge in [0.05, 0.1) is 13.0 Å². The summed E-state index contributed by atoms with van der Waals surface area (Å²) in [5.74, 6) is -1.05. The molecule has 1 N–H and O–H groups in total. The number of ether oxygens (including phenoxy) is 1. The van der Waals surface area contributed by atoms with E-state index < -0.39 is 11.8 Å². The normalized spacial score (nSPS) is 19.1. The van der Waals surface area contributed by atoms with E-state index in [1.807, 2.05) is 13.8 Å². The van der Waals surface area contributed by atoms with Crippen molar-refractivity contribution in [1.82, 2.24) is 5.32 Å². The lowest BCUT2D eigenvalue weighted by Gasteiger charge is -2.23. The molecule has 0 radical (unpaired) electrons. The zero-order valence-corrected chi connectivity index (χ0v) is 11.8. The third-order valence-electron chi connectivity index (χ3n) is 3.59. The van der Waals surface area contributed by atoms with Crippen molar-refractivity contribution < 1.29 is 18.7 Å². The maximum atomic E-state index is 14.1. The number of hydrogen-bond acceptors (Lipinski definition) is 3. The van der Waals surface area contributed by atoms with Crippen molar-refractivity contribution >= 4 is 11.8 Å².